The Labute approximate surface area is 163 Å². The van der Waals surface area contributed by atoms with E-state index in [2.05, 4.69) is 25.4 Å². The molecule has 0 spiro atoms. The minimum absolute atomic E-state index is 0.0985. The number of nitrogens with zero attached hydrogens (tertiary/aromatic N) is 3. The van der Waals surface area contributed by atoms with Crippen LogP contribution in [0.3, 0.4) is 0 Å². The number of hydrogen-bond donors (Lipinski definition) is 3. The standard InChI is InChI=1S/C20H25N5O3/c26-19(14-4-3-5-15(10-14)23-20(27)28)24-18-11-13(7-8-21-18)16-12-22-25-9-2-1-6-17(16)25/h7-8,11-12,14-15,23H,1-6,9-10H2,(H,27,28)(H,21,24,26)/t14-,15+/m0/s1. The topological polar surface area (TPSA) is 109 Å². The predicted molar refractivity (Wildman–Crippen MR) is 104 cm³/mol. The summed E-state index contributed by atoms with van der Waals surface area (Å²) in [6, 6.07) is 3.66. The van der Waals surface area contributed by atoms with Gasteiger partial charge in [-0.25, -0.2) is 9.78 Å². The van der Waals surface area contributed by atoms with Crippen LogP contribution in [0.4, 0.5) is 10.6 Å². The number of pyridine rings is 1. The summed E-state index contributed by atoms with van der Waals surface area (Å²) in [7, 11) is 0. The van der Waals surface area contributed by atoms with Crippen molar-refractivity contribution in [3.8, 4) is 11.1 Å². The fourth-order valence-corrected chi connectivity index (χ4v) is 4.29. The molecule has 4 rings (SSSR count). The molecule has 3 N–H and O–H groups in total. The van der Waals surface area contributed by atoms with Crippen molar-refractivity contribution >= 4 is 17.8 Å². The SMILES string of the molecule is O=C(O)N[C@@H]1CCC[C@H](C(=O)Nc2cc(-c3cnn4c3CCCC4)ccn2)C1. The second kappa shape index (κ2) is 8.00. The molecule has 0 unspecified atom stereocenters. The normalized spacial score (nSPS) is 21.6. The second-order valence-corrected chi connectivity index (χ2v) is 7.61. The molecule has 0 aromatic carbocycles. The first kappa shape index (κ1) is 18.5. The number of rotatable bonds is 4. The third kappa shape index (κ3) is 4.00. The predicted octanol–water partition coefficient (Wildman–Crippen LogP) is 3.05. The number of hydrogen-bond acceptors (Lipinski definition) is 4. The van der Waals surface area contributed by atoms with Gasteiger partial charge in [-0.2, -0.15) is 5.10 Å². The Morgan fingerprint density at radius 2 is 2.11 bits per heavy atom. The van der Waals surface area contributed by atoms with E-state index in [0.717, 1.165) is 49.8 Å². The first-order valence-electron chi connectivity index (χ1n) is 9.91. The van der Waals surface area contributed by atoms with Gasteiger partial charge in [0.15, 0.2) is 0 Å². The van der Waals surface area contributed by atoms with Crippen molar-refractivity contribution in [1.29, 1.82) is 0 Å². The molecule has 0 bridgehead atoms. The van der Waals surface area contributed by atoms with Crippen LogP contribution in [-0.2, 0) is 17.8 Å². The van der Waals surface area contributed by atoms with Gasteiger partial charge in [0.1, 0.15) is 5.82 Å². The maximum absolute atomic E-state index is 12.7. The molecular formula is C20H25N5O3. The Morgan fingerprint density at radius 1 is 1.21 bits per heavy atom. The smallest absolute Gasteiger partial charge is 0.404 e. The number of aromatic nitrogens is 3. The summed E-state index contributed by atoms with van der Waals surface area (Å²) >= 11 is 0. The molecule has 148 valence electrons. The van der Waals surface area contributed by atoms with Crippen LogP contribution in [0.2, 0.25) is 0 Å². The molecule has 8 heteroatoms. The van der Waals surface area contributed by atoms with Gasteiger partial charge in [-0.15, -0.1) is 0 Å². The second-order valence-electron chi connectivity index (χ2n) is 7.61. The first-order chi connectivity index (χ1) is 13.6. The molecule has 2 amide bonds. The number of nitrogens with one attached hydrogen (secondary N) is 2. The zero-order valence-electron chi connectivity index (χ0n) is 15.7. The minimum atomic E-state index is -1.04. The summed E-state index contributed by atoms with van der Waals surface area (Å²) < 4.78 is 2.06. The number of carboxylic acid groups (broad SMARTS) is 1. The van der Waals surface area contributed by atoms with Gasteiger partial charge in [0, 0.05) is 36.0 Å². The van der Waals surface area contributed by atoms with Crippen LogP contribution in [-0.4, -0.2) is 37.9 Å². The van der Waals surface area contributed by atoms with Gasteiger partial charge in [0.25, 0.3) is 0 Å². The van der Waals surface area contributed by atoms with Gasteiger partial charge in [0.05, 0.1) is 6.20 Å². The first-order valence-corrected chi connectivity index (χ1v) is 9.91. The molecule has 0 saturated heterocycles. The van der Waals surface area contributed by atoms with E-state index in [-0.39, 0.29) is 17.9 Å². The summed E-state index contributed by atoms with van der Waals surface area (Å²) in [5.74, 6) is 0.213. The van der Waals surface area contributed by atoms with Crippen LogP contribution in [0.5, 0.6) is 0 Å². The molecular weight excluding hydrogens is 358 g/mol. The van der Waals surface area contributed by atoms with Crippen molar-refractivity contribution in [2.24, 2.45) is 5.92 Å². The van der Waals surface area contributed by atoms with Crippen LogP contribution in [0, 0.1) is 5.92 Å². The lowest BCUT2D eigenvalue weighted by atomic mass is 9.85. The number of fused-ring (bicyclic) bond motifs is 1. The summed E-state index contributed by atoms with van der Waals surface area (Å²) in [6.45, 7) is 0.956. The fourth-order valence-electron chi connectivity index (χ4n) is 4.29. The van der Waals surface area contributed by atoms with Crippen LogP contribution in [0.1, 0.15) is 44.2 Å². The zero-order valence-corrected chi connectivity index (χ0v) is 15.7. The quantitative estimate of drug-likeness (QED) is 0.752. The van der Waals surface area contributed by atoms with Crippen molar-refractivity contribution in [3.05, 3.63) is 30.2 Å². The molecule has 8 nitrogen and oxygen atoms in total. The van der Waals surface area contributed by atoms with E-state index in [0.29, 0.717) is 12.2 Å². The molecule has 1 aliphatic carbocycles. The molecule has 2 aliphatic rings. The summed E-state index contributed by atoms with van der Waals surface area (Å²) in [6.07, 6.45) is 8.79. The van der Waals surface area contributed by atoms with Crippen LogP contribution in [0.15, 0.2) is 24.5 Å². The maximum atomic E-state index is 12.7. The Balaban J connectivity index is 1.45. The van der Waals surface area contributed by atoms with Gasteiger partial charge in [-0.1, -0.05) is 6.42 Å². The summed E-state index contributed by atoms with van der Waals surface area (Å²) in [4.78, 5) is 27.8. The molecule has 28 heavy (non-hydrogen) atoms. The van der Waals surface area contributed by atoms with Crippen molar-refractivity contribution in [1.82, 2.24) is 20.1 Å². The average Bonchev–Trinajstić information content (AvgIpc) is 3.12. The molecule has 2 atom stereocenters. The largest absolute Gasteiger partial charge is 0.465 e. The number of carbonyl (C=O) groups excluding carboxylic acids is 1. The third-order valence-electron chi connectivity index (χ3n) is 5.68. The van der Waals surface area contributed by atoms with Crippen molar-refractivity contribution in [2.45, 2.75) is 57.5 Å². The van der Waals surface area contributed by atoms with Gasteiger partial charge < -0.3 is 15.7 Å². The molecule has 2 aromatic heterocycles. The van der Waals surface area contributed by atoms with Crippen LogP contribution < -0.4 is 10.6 Å². The van der Waals surface area contributed by atoms with E-state index in [9.17, 15) is 9.59 Å². The lowest BCUT2D eigenvalue weighted by Gasteiger charge is -2.28. The zero-order chi connectivity index (χ0) is 19.5. The van der Waals surface area contributed by atoms with Gasteiger partial charge in [-0.3, -0.25) is 9.48 Å². The van der Waals surface area contributed by atoms with E-state index < -0.39 is 6.09 Å². The monoisotopic (exact) mass is 383 g/mol. The van der Waals surface area contributed by atoms with Gasteiger partial charge in [-0.05, 0) is 56.2 Å². The molecule has 1 aliphatic heterocycles. The minimum Gasteiger partial charge on any atom is -0.465 e. The highest BCUT2D eigenvalue weighted by Gasteiger charge is 2.28. The van der Waals surface area contributed by atoms with E-state index in [1.165, 1.54) is 12.1 Å². The number of amides is 2. The van der Waals surface area contributed by atoms with E-state index in [1.807, 2.05) is 18.3 Å². The van der Waals surface area contributed by atoms with Crippen molar-refractivity contribution < 1.29 is 14.7 Å². The van der Waals surface area contributed by atoms with Crippen molar-refractivity contribution in [3.63, 3.8) is 0 Å². The Morgan fingerprint density at radius 3 is 2.96 bits per heavy atom. The van der Waals surface area contributed by atoms with Crippen LogP contribution >= 0.6 is 0 Å². The lowest BCUT2D eigenvalue weighted by Crippen LogP contribution is -2.40. The number of carbonyl (C=O) groups is 2. The van der Waals surface area contributed by atoms with E-state index >= 15 is 0 Å². The Hall–Kier alpha value is -2.90. The average molecular weight is 383 g/mol. The molecule has 0 radical (unpaired) electrons. The number of anilines is 1. The molecule has 3 heterocycles. The Kier molecular flexibility index (Phi) is 5.27. The molecule has 2 aromatic rings. The highest BCUT2D eigenvalue weighted by Crippen LogP contribution is 2.29. The lowest BCUT2D eigenvalue weighted by molar-refractivity contribution is -0.121. The van der Waals surface area contributed by atoms with E-state index in [4.69, 9.17) is 5.11 Å². The summed E-state index contributed by atoms with van der Waals surface area (Å²) in [5.41, 5.74) is 3.34. The maximum Gasteiger partial charge on any atom is 0.404 e. The number of aryl methyl sites for hydroxylation is 1. The summed E-state index contributed by atoms with van der Waals surface area (Å²) in [5, 5.41) is 18.8. The highest BCUT2D eigenvalue weighted by molar-refractivity contribution is 5.92. The highest BCUT2D eigenvalue weighted by atomic mass is 16.4. The molecule has 1 saturated carbocycles. The van der Waals surface area contributed by atoms with Crippen molar-refractivity contribution in [2.75, 3.05) is 5.32 Å². The van der Waals surface area contributed by atoms with Gasteiger partial charge >= 0.3 is 6.09 Å². The molecule has 1 fully saturated rings. The van der Waals surface area contributed by atoms with Gasteiger partial charge in [0.2, 0.25) is 5.91 Å². The fraction of sp³-hybridized carbons (Fsp3) is 0.500. The van der Waals surface area contributed by atoms with E-state index in [1.54, 1.807) is 6.20 Å². The van der Waals surface area contributed by atoms with Crippen LogP contribution in [0.25, 0.3) is 11.1 Å². The third-order valence-corrected chi connectivity index (χ3v) is 5.68. The Bertz CT molecular complexity index is 878.